The molecule has 8 nitrogen and oxygen atoms in total. The number of aryl methyl sites for hydroxylation is 1. The zero-order valence-corrected chi connectivity index (χ0v) is 21.2. The molecule has 0 radical (unpaired) electrons. The number of para-hydroxylation sites is 2. The van der Waals surface area contributed by atoms with Crippen LogP contribution in [-0.2, 0) is 13.1 Å². The minimum atomic E-state index is 0.566. The number of thiazole rings is 1. The van der Waals surface area contributed by atoms with Gasteiger partial charge in [0, 0.05) is 36.4 Å². The normalized spacial score (nSPS) is 11.5. The van der Waals surface area contributed by atoms with Crippen molar-refractivity contribution in [3.63, 3.8) is 0 Å². The van der Waals surface area contributed by atoms with Crippen LogP contribution >= 0.6 is 11.3 Å². The monoisotopic (exact) mass is 494 g/mol. The third-order valence-electron chi connectivity index (χ3n) is 5.50. The van der Waals surface area contributed by atoms with Crippen molar-refractivity contribution in [1.29, 1.82) is 0 Å². The maximum atomic E-state index is 5.80. The van der Waals surface area contributed by atoms with E-state index in [0.717, 1.165) is 47.0 Å². The van der Waals surface area contributed by atoms with Gasteiger partial charge in [-0.3, -0.25) is 0 Å². The molecule has 0 fully saturated rings. The van der Waals surface area contributed by atoms with Gasteiger partial charge in [0.25, 0.3) is 0 Å². The number of rotatable bonds is 11. The van der Waals surface area contributed by atoms with Crippen LogP contribution in [0, 0.1) is 0 Å². The van der Waals surface area contributed by atoms with Gasteiger partial charge in [0.15, 0.2) is 16.3 Å². The van der Waals surface area contributed by atoms with Crippen molar-refractivity contribution in [1.82, 2.24) is 14.1 Å². The van der Waals surface area contributed by atoms with E-state index in [2.05, 4.69) is 19.5 Å². The second-order valence-corrected chi connectivity index (χ2v) is 8.47. The molecule has 4 aromatic rings. The minimum absolute atomic E-state index is 0.566. The summed E-state index contributed by atoms with van der Waals surface area (Å²) < 4.78 is 26.8. The maximum Gasteiger partial charge on any atom is 0.203 e. The lowest BCUT2D eigenvalue weighted by atomic mass is 10.1. The fourth-order valence-corrected chi connectivity index (χ4v) is 4.80. The first-order valence-corrected chi connectivity index (χ1v) is 12.3. The van der Waals surface area contributed by atoms with Gasteiger partial charge < -0.3 is 28.1 Å². The van der Waals surface area contributed by atoms with E-state index in [4.69, 9.17) is 23.9 Å². The highest BCUT2D eigenvalue weighted by Gasteiger charge is 2.17. The van der Waals surface area contributed by atoms with Crippen LogP contribution in [-0.4, -0.2) is 42.1 Å². The molecule has 2 heterocycles. The van der Waals surface area contributed by atoms with Crippen molar-refractivity contribution in [3.8, 4) is 34.3 Å². The van der Waals surface area contributed by atoms with E-state index < -0.39 is 0 Å². The molecular formula is C26H30N4O4S. The maximum absolute atomic E-state index is 5.80. The Morgan fingerprint density at radius 1 is 0.971 bits per heavy atom. The van der Waals surface area contributed by atoms with E-state index >= 15 is 0 Å². The number of methoxy groups -OCH3 is 3. The summed E-state index contributed by atoms with van der Waals surface area (Å²) in [6.07, 6.45) is 6.51. The molecule has 9 heteroatoms. The van der Waals surface area contributed by atoms with Crippen LogP contribution in [0.3, 0.4) is 0 Å². The van der Waals surface area contributed by atoms with Gasteiger partial charge in [0.05, 0.1) is 40.0 Å². The highest BCUT2D eigenvalue weighted by Crippen LogP contribution is 2.41. The SMILES string of the molecule is CCOc1ccccc1N=c1scc(-c2cc(OC)c(OC)c(OC)c2)n1CCCn1ccnc1. The topological polar surface area (TPSA) is 72.0 Å². The molecule has 2 aromatic heterocycles. The fourth-order valence-electron chi connectivity index (χ4n) is 3.85. The smallest absolute Gasteiger partial charge is 0.203 e. The number of nitrogens with zero attached hydrogens (tertiary/aromatic N) is 4. The lowest BCUT2D eigenvalue weighted by Gasteiger charge is -2.15. The lowest BCUT2D eigenvalue weighted by Crippen LogP contribution is -2.17. The standard InChI is InChI=1S/C26H30N4O4S/c1-5-34-22-10-7-6-9-20(22)28-26-30(13-8-12-29-14-11-27-18-29)21(17-35-26)19-15-23(31-2)25(33-4)24(16-19)32-3/h6-7,9-11,14-18H,5,8,12-13H2,1-4H3. The zero-order valence-electron chi connectivity index (χ0n) is 20.4. The summed E-state index contributed by atoms with van der Waals surface area (Å²) in [5.41, 5.74) is 2.78. The van der Waals surface area contributed by atoms with Gasteiger partial charge in [0.1, 0.15) is 11.4 Å². The Labute approximate surface area is 209 Å². The molecule has 0 aliphatic heterocycles. The van der Waals surface area contributed by atoms with Crippen LogP contribution in [0.2, 0.25) is 0 Å². The summed E-state index contributed by atoms with van der Waals surface area (Å²) >= 11 is 1.59. The Bertz CT molecular complexity index is 1290. The average molecular weight is 495 g/mol. The van der Waals surface area contributed by atoms with E-state index in [0.29, 0.717) is 23.9 Å². The first-order valence-electron chi connectivity index (χ1n) is 11.4. The predicted molar refractivity (Wildman–Crippen MR) is 137 cm³/mol. The van der Waals surface area contributed by atoms with Crippen LogP contribution < -0.4 is 23.7 Å². The van der Waals surface area contributed by atoms with Crippen LogP contribution in [0.15, 0.2) is 65.5 Å². The van der Waals surface area contributed by atoms with Gasteiger partial charge in [-0.25, -0.2) is 9.98 Å². The summed E-state index contributed by atoms with van der Waals surface area (Å²) in [5, 5.41) is 2.11. The van der Waals surface area contributed by atoms with E-state index in [1.807, 2.05) is 55.8 Å². The van der Waals surface area contributed by atoms with Crippen molar-refractivity contribution >= 4 is 17.0 Å². The third kappa shape index (κ3) is 5.51. The summed E-state index contributed by atoms with van der Waals surface area (Å²) in [6, 6.07) is 11.8. The van der Waals surface area contributed by atoms with E-state index in [1.165, 1.54) is 0 Å². The van der Waals surface area contributed by atoms with Crippen LogP contribution in [0.25, 0.3) is 11.3 Å². The van der Waals surface area contributed by atoms with E-state index in [1.54, 1.807) is 38.9 Å². The summed E-state index contributed by atoms with van der Waals surface area (Å²) in [7, 11) is 4.85. The molecule has 184 valence electrons. The summed E-state index contributed by atoms with van der Waals surface area (Å²) in [4.78, 5) is 10.0. The number of hydrogen-bond acceptors (Lipinski definition) is 7. The highest BCUT2D eigenvalue weighted by atomic mass is 32.1. The first kappa shape index (κ1) is 24.4. The Hall–Kier alpha value is -3.72. The number of aromatic nitrogens is 3. The quantitative estimate of drug-likeness (QED) is 0.288. The molecule has 35 heavy (non-hydrogen) atoms. The Morgan fingerprint density at radius 2 is 1.74 bits per heavy atom. The van der Waals surface area contributed by atoms with Crippen LogP contribution in [0.4, 0.5) is 5.69 Å². The Kier molecular flexibility index (Phi) is 8.10. The van der Waals surface area contributed by atoms with Gasteiger partial charge in [0.2, 0.25) is 5.75 Å². The highest BCUT2D eigenvalue weighted by molar-refractivity contribution is 7.07. The molecule has 0 atom stereocenters. The number of ether oxygens (including phenoxy) is 4. The largest absolute Gasteiger partial charge is 0.493 e. The average Bonchev–Trinajstić information content (AvgIpc) is 3.55. The van der Waals surface area contributed by atoms with Gasteiger partial charge in [-0.1, -0.05) is 12.1 Å². The number of hydrogen-bond donors (Lipinski definition) is 0. The zero-order chi connectivity index (χ0) is 24.6. The molecule has 0 aliphatic rings. The Morgan fingerprint density at radius 3 is 2.40 bits per heavy atom. The fraction of sp³-hybridized carbons (Fsp3) is 0.308. The number of benzene rings is 2. The van der Waals surface area contributed by atoms with Crippen molar-refractivity contribution in [2.45, 2.75) is 26.4 Å². The molecule has 4 rings (SSSR count). The molecule has 0 saturated carbocycles. The molecule has 0 N–H and O–H groups in total. The number of imidazole rings is 1. The van der Waals surface area contributed by atoms with Crippen molar-refractivity contribution in [2.75, 3.05) is 27.9 Å². The lowest BCUT2D eigenvalue weighted by molar-refractivity contribution is 0.324. The van der Waals surface area contributed by atoms with Crippen molar-refractivity contribution in [3.05, 3.63) is 65.3 Å². The van der Waals surface area contributed by atoms with Crippen LogP contribution in [0.5, 0.6) is 23.0 Å². The molecule has 0 aliphatic carbocycles. The summed E-state index contributed by atoms with van der Waals surface area (Å²) in [6.45, 7) is 4.18. The van der Waals surface area contributed by atoms with Gasteiger partial charge in [-0.05, 0) is 37.6 Å². The first-order chi connectivity index (χ1) is 17.2. The van der Waals surface area contributed by atoms with Crippen molar-refractivity contribution in [2.24, 2.45) is 4.99 Å². The third-order valence-corrected chi connectivity index (χ3v) is 6.36. The van der Waals surface area contributed by atoms with Gasteiger partial charge in [-0.15, -0.1) is 11.3 Å². The second kappa shape index (κ2) is 11.6. The molecule has 0 spiro atoms. The van der Waals surface area contributed by atoms with Gasteiger partial charge >= 0.3 is 0 Å². The molecule has 2 aromatic carbocycles. The van der Waals surface area contributed by atoms with E-state index in [9.17, 15) is 0 Å². The second-order valence-electron chi connectivity index (χ2n) is 7.64. The molecule has 0 saturated heterocycles. The van der Waals surface area contributed by atoms with Gasteiger partial charge in [-0.2, -0.15) is 0 Å². The van der Waals surface area contributed by atoms with Crippen molar-refractivity contribution < 1.29 is 18.9 Å². The van der Waals surface area contributed by atoms with E-state index in [-0.39, 0.29) is 0 Å². The predicted octanol–water partition coefficient (Wildman–Crippen LogP) is 5.16. The summed E-state index contributed by atoms with van der Waals surface area (Å²) in [5.74, 6) is 2.55. The van der Waals surface area contributed by atoms with Crippen LogP contribution in [0.1, 0.15) is 13.3 Å². The molecule has 0 amide bonds. The minimum Gasteiger partial charge on any atom is -0.493 e. The molecule has 0 bridgehead atoms. The Balaban J connectivity index is 1.80. The molecule has 0 unspecified atom stereocenters. The molecular weight excluding hydrogens is 464 g/mol.